The number of hydrogen-bond donors (Lipinski definition) is 17. The minimum absolute atomic E-state index is 0.142. The van der Waals surface area contributed by atoms with Gasteiger partial charge in [0.05, 0.1) is 86.5 Å². The Labute approximate surface area is 442 Å². The lowest BCUT2D eigenvalue weighted by atomic mass is 9.87. The summed E-state index contributed by atoms with van der Waals surface area (Å²) in [4.78, 5) is 41.7. The van der Waals surface area contributed by atoms with Crippen molar-refractivity contribution in [1.82, 2.24) is 21.6 Å². The monoisotopic (exact) mass is 1080 g/mol. The number of hydrogen-bond acceptors (Lipinski definition) is 20. The fourth-order valence-corrected chi connectivity index (χ4v) is 8.60. The number of carbonyl (C=O) groups excluding carboxylic acids is 3. The van der Waals surface area contributed by atoms with Gasteiger partial charge in [-0.15, -0.1) is 0 Å². The van der Waals surface area contributed by atoms with Crippen LogP contribution < -0.4 is 27.4 Å². The normalized spacial score (nSPS) is 40.6. The lowest BCUT2D eigenvalue weighted by molar-refractivity contribution is -0.302. The van der Waals surface area contributed by atoms with Gasteiger partial charge in [-0.1, -0.05) is 98.9 Å². The van der Waals surface area contributed by atoms with E-state index in [1.807, 2.05) is 6.92 Å². The molecule has 0 aromatic carbocycles. The van der Waals surface area contributed by atoms with Gasteiger partial charge in [-0.2, -0.15) is 0 Å². The molecule has 25 nitrogen and oxygen atoms in total. The van der Waals surface area contributed by atoms with Gasteiger partial charge in [0.25, 0.3) is 0 Å². The number of nitrogens with one attached hydrogen (secondary N) is 4. The fourth-order valence-electron chi connectivity index (χ4n) is 8.60. The van der Waals surface area contributed by atoms with Gasteiger partial charge in [-0.05, 0) is 33.1 Å². The lowest BCUT2D eigenvalue weighted by Gasteiger charge is -2.46. The van der Waals surface area contributed by atoms with Crippen LogP contribution in [0.2, 0.25) is 0 Å². The van der Waals surface area contributed by atoms with Crippen molar-refractivity contribution in [3.63, 3.8) is 0 Å². The molecule has 18 N–H and O–H groups in total. The lowest BCUT2D eigenvalue weighted by Crippen LogP contribution is -2.64. The first-order chi connectivity index (χ1) is 36.0. The molecule has 0 saturated carbocycles. The van der Waals surface area contributed by atoms with Crippen LogP contribution in [0.5, 0.6) is 0 Å². The van der Waals surface area contributed by atoms with E-state index in [9.17, 15) is 70.7 Å². The number of aliphatic hydroxyl groups is 11. The molecular formula is C51H82N6O19. The van der Waals surface area contributed by atoms with Gasteiger partial charge in [0.2, 0.25) is 11.9 Å². The van der Waals surface area contributed by atoms with Crippen LogP contribution in [-0.4, -0.2) is 195 Å². The van der Waals surface area contributed by atoms with Crippen LogP contribution in [0.15, 0.2) is 90.1 Å². The molecule has 3 rings (SSSR count). The van der Waals surface area contributed by atoms with Gasteiger partial charge in [0.15, 0.2) is 12.1 Å². The second-order valence-electron chi connectivity index (χ2n) is 19.4. The van der Waals surface area contributed by atoms with Gasteiger partial charge >= 0.3 is 12.0 Å². The number of aliphatic hydroxyl groups excluding tert-OH is 10. The van der Waals surface area contributed by atoms with E-state index in [0.29, 0.717) is 0 Å². The molecule has 3 aliphatic rings. The number of amides is 3. The largest absolute Gasteiger partial charge is 0.462 e. The van der Waals surface area contributed by atoms with E-state index in [2.05, 4.69) is 21.2 Å². The van der Waals surface area contributed by atoms with Gasteiger partial charge < -0.3 is 86.2 Å². The van der Waals surface area contributed by atoms with E-state index in [1.165, 1.54) is 13.0 Å². The number of hydrazine groups is 1. The third-order valence-electron chi connectivity index (χ3n) is 13.0. The minimum atomic E-state index is -2.39. The highest BCUT2D eigenvalue weighted by molar-refractivity contribution is 5.81. The van der Waals surface area contributed by atoms with Crippen molar-refractivity contribution in [3.05, 3.63) is 85.1 Å². The number of fused-ring (bicyclic) bond motifs is 2. The van der Waals surface area contributed by atoms with Crippen LogP contribution >= 0.6 is 0 Å². The molecule has 430 valence electrons. The summed E-state index contributed by atoms with van der Waals surface area (Å²) in [5.74, 6) is -5.22. The molecule has 0 aromatic rings. The van der Waals surface area contributed by atoms with Crippen molar-refractivity contribution >= 4 is 23.9 Å². The first kappa shape index (κ1) is 65.3. The van der Waals surface area contributed by atoms with E-state index < -0.39 is 166 Å². The van der Waals surface area contributed by atoms with Crippen molar-refractivity contribution in [2.24, 2.45) is 22.6 Å². The zero-order chi connectivity index (χ0) is 56.5. The Kier molecular flexibility index (Phi) is 28.7. The summed E-state index contributed by atoms with van der Waals surface area (Å²) in [7, 11) is 0. The van der Waals surface area contributed by atoms with Crippen molar-refractivity contribution in [2.45, 2.75) is 189 Å². The predicted molar refractivity (Wildman–Crippen MR) is 274 cm³/mol. The number of esters is 1. The van der Waals surface area contributed by atoms with Crippen LogP contribution in [0.25, 0.3) is 0 Å². The molecule has 0 aliphatic carbocycles. The average molecular weight is 1080 g/mol. The summed E-state index contributed by atoms with van der Waals surface area (Å²) < 4.78 is 23.7. The Morgan fingerprint density at radius 1 is 0.724 bits per heavy atom. The van der Waals surface area contributed by atoms with Gasteiger partial charge in [-0.3, -0.25) is 20.2 Å². The number of cyclic esters (lactones) is 1. The highest BCUT2D eigenvalue weighted by Crippen LogP contribution is 2.36. The predicted octanol–water partition coefficient (Wildman–Crippen LogP) is -1.57. The standard InChI is InChI=1S/C51H82N6O19/c1-29-17-15-13-11-9-7-5-6-8-10-12-14-16-18-36(75-48-47(69)44(53-49(52)57-72)46(68)32(4)74-48)26-40-43(54-50(70)56-55-41(65)21-22-58)39(64)28-51(71,76-40)27-35(61)24-38(63)37(62)20-19-33(59)23-34(60)25-42(66)73-31(3)30(2)45(29)67/h5-18,29-40,43-48,58-64,67-69,71-72H,19-28H2,1-4H3,(H,55,65)(H3,52,53,57)(H2,54,56,70)/b6-5+,9-7+,10-8+,13-11+,14-12+,17-15+,18-16+/t29-,30-,31-,32+,33+,34+,35-,36-,37+,38+,39-,40-,43+,44-,45+,46+,47-,48-,51+/m0/s1. The molecule has 0 spiro atoms. The highest BCUT2D eigenvalue weighted by atomic mass is 16.7. The number of rotatable bonds is 6. The maximum absolute atomic E-state index is 13.1. The van der Waals surface area contributed by atoms with Crippen molar-refractivity contribution in [2.75, 3.05) is 6.61 Å². The maximum atomic E-state index is 13.1. The number of urea groups is 1. The van der Waals surface area contributed by atoms with Crippen LogP contribution in [0, 0.1) is 11.8 Å². The van der Waals surface area contributed by atoms with E-state index in [0.717, 1.165) is 0 Å². The van der Waals surface area contributed by atoms with Crippen molar-refractivity contribution in [1.29, 1.82) is 0 Å². The van der Waals surface area contributed by atoms with Crippen molar-refractivity contribution in [3.8, 4) is 0 Å². The van der Waals surface area contributed by atoms with E-state index in [1.54, 1.807) is 98.3 Å². The number of carbonyl (C=O) groups is 3. The highest BCUT2D eigenvalue weighted by Gasteiger charge is 2.49. The molecule has 3 aliphatic heterocycles. The Morgan fingerprint density at radius 3 is 1.93 bits per heavy atom. The maximum Gasteiger partial charge on any atom is 0.333 e. The minimum Gasteiger partial charge on any atom is -0.462 e. The Hall–Kier alpha value is -4.94. The summed E-state index contributed by atoms with van der Waals surface area (Å²) in [5.41, 5.74) is 11.4. The Balaban J connectivity index is 1.99. The summed E-state index contributed by atoms with van der Waals surface area (Å²) >= 11 is 0. The number of guanidine groups is 1. The smallest absolute Gasteiger partial charge is 0.333 e. The number of nitrogens with two attached hydrogens (primary N) is 1. The molecule has 2 fully saturated rings. The summed E-state index contributed by atoms with van der Waals surface area (Å²) in [6, 6.07) is -3.84. The van der Waals surface area contributed by atoms with Crippen LogP contribution in [0.3, 0.4) is 0 Å². The van der Waals surface area contributed by atoms with E-state index in [-0.39, 0.29) is 38.0 Å². The summed E-state index contributed by atoms with van der Waals surface area (Å²) in [6.45, 7) is 6.12. The molecular weight excluding hydrogens is 1000 g/mol. The summed E-state index contributed by atoms with van der Waals surface area (Å²) in [5, 5.41) is 132. The van der Waals surface area contributed by atoms with E-state index >= 15 is 0 Å². The molecule has 3 heterocycles. The molecule has 2 bridgehead atoms. The molecule has 19 atom stereocenters. The second-order valence-corrected chi connectivity index (χ2v) is 19.4. The summed E-state index contributed by atoms with van der Waals surface area (Å²) in [6.07, 6.45) is 1.40. The zero-order valence-electron chi connectivity index (χ0n) is 43.3. The quantitative estimate of drug-likeness (QED) is 0.0618. The Morgan fingerprint density at radius 2 is 1.33 bits per heavy atom. The molecule has 0 aromatic heterocycles. The SMILES string of the molecule is C[C@@H]1[C@H](O)[C@@H](C)/C=C/C=C/C=C/C=C/C=C/C=C/C=C/[C@H](O[C@@H]2O[C@H](C)[C@@H](O)[C@H](N=C(N)NO)[C@@H]2O)C[C@@H]2O[C@](O)(C[C@@H](O)C[C@@H](O)[C@H](O)CC[C@@H](O)C[C@@H](O)CC(=O)O[C@H]1C)C[C@H](O)[C@H]2NC(=O)NNC(=O)CCO. The number of aliphatic imine (C=N–C) groups is 1. The third kappa shape index (κ3) is 23.0. The zero-order valence-corrected chi connectivity index (χ0v) is 43.3. The Bertz CT molecular complexity index is 2020. The third-order valence-corrected chi connectivity index (χ3v) is 13.0. The molecule has 2 saturated heterocycles. The van der Waals surface area contributed by atoms with Crippen LogP contribution in [-0.2, 0) is 28.5 Å². The van der Waals surface area contributed by atoms with Gasteiger partial charge in [-0.25, -0.2) is 20.7 Å². The molecule has 0 unspecified atom stereocenters. The van der Waals surface area contributed by atoms with Crippen molar-refractivity contribution < 1.29 is 94.7 Å². The molecule has 0 radical (unpaired) electrons. The second kappa shape index (κ2) is 33.4. The fraction of sp³-hybridized carbons (Fsp3) is 0.647. The number of nitrogens with zero attached hydrogens (tertiary/aromatic N) is 1. The average Bonchev–Trinajstić information content (AvgIpc) is 3.35. The number of allylic oxidation sites excluding steroid dienone is 12. The number of ether oxygens (including phenoxy) is 4. The van der Waals surface area contributed by atoms with Gasteiger partial charge in [0, 0.05) is 37.5 Å². The van der Waals surface area contributed by atoms with Gasteiger partial charge in [0.1, 0.15) is 24.4 Å². The molecule has 3 amide bonds. The first-order valence-electron chi connectivity index (χ1n) is 25.4. The van der Waals surface area contributed by atoms with Crippen LogP contribution in [0.1, 0.15) is 85.5 Å². The molecule has 76 heavy (non-hydrogen) atoms. The molecule has 25 heteroatoms. The first-order valence-corrected chi connectivity index (χ1v) is 25.4. The number of hydroxylamine groups is 1. The van der Waals surface area contributed by atoms with Crippen LogP contribution in [0.4, 0.5) is 4.79 Å². The van der Waals surface area contributed by atoms with E-state index in [4.69, 9.17) is 29.8 Å². The topological polar surface area (TPSA) is 417 Å².